The number of rotatable bonds is 4. The molecule has 142 valence electrons. The molecule has 1 aromatic carbocycles. The van der Waals surface area contributed by atoms with Crippen molar-refractivity contribution in [3.05, 3.63) is 35.5 Å². The molecule has 3 amide bonds. The van der Waals surface area contributed by atoms with Crippen LogP contribution in [0, 0.1) is 17.8 Å². The molecule has 0 radical (unpaired) electrons. The highest BCUT2D eigenvalue weighted by atomic mass is 32.1. The minimum absolute atomic E-state index is 0.0164. The summed E-state index contributed by atoms with van der Waals surface area (Å²) in [7, 11) is 1.68. The van der Waals surface area contributed by atoms with Gasteiger partial charge in [-0.1, -0.05) is 35.3 Å². The number of hydrogen-bond donors (Lipinski definition) is 3. The number of amides is 3. The smallest absolute Gasteiger partial charge is 0.270 e. The van der Waals surface area contributed by atoms with Crippen LogP contribution in [0.25, 0.3) is 10.6 Å². The van der Waals surface area contributed by atoms with E-state index < -0.39 is 11.5 Å². The summed E-state index contributed by atoms with van der Waals surface area (Å²) in [4.78, 5) is 40.2. The monoisotopic (exact) mass is 396 g/mol. The summed E-state index contributed by atoms with van der Waals surface area (Å²) in [5.74, 6) is 4.37. The number of primary amides is 1. The lowest BCUT2D eigenvalue weighted by atomic mass is 9.99. The van der Waals surface area contributed by atoms with Crippen LogP contribution >= 0.6 is 11.3 Å². The van der Waals surface area contributed by atoms with E-state index in [0.29, 0.717) is 22.5 Å². The number of piperidine rings is 1. The Kier molecular flexibility index (Phi) is 4.18. The first kappa shape index (κ1) is 18.2. The summed E-state index contributed by atoms with van der Waals surface area (Å²) in [5, 5.41) is 13.9. The summed E-state index contributed by atoms with van der Waals surface area (Å²) in [6, 6.07) is 7.09. The lowest BCUT2D eigenvalue weighted by Crippen LogP contribution is -2.41. The summed E-state index contributed by atoms with van der Waals surface area (Å²) in [6.07, 6.45) is 1.21. The van der Waals surface area contributed by atoms with Crippen molar-refractivity contribution in [2.45, 2.75) is 18.1 Å². The van der Waals surface area contributed by atoms with Crippen molar-refractivity contribution in [2.24, 2.45) is 11.7 Å². The molecule has 1 aromatic heterocycles. The Morgan fingerprint density at radius 2 is 2.32 bits per heavy atom. The van der Waals surface area contributed by atoms with Gasteiger partial charge in [0.2, 0.25) is 12.0 Å². The molecule has 1 saturated carbocycles. The molecule has 2 aliphatic rings. The fraction of sp³-hybridized carbons (Fsp3) is 0.263. The number of carbonyl (C=O) groups is 3. The molecule has 1 saturated heterocycles. The van der Waals surface area contributed by atoms with Crippen LogP contribution in [0.5, 0.6) is 0 Å². The number of likely N-dealkylation sites (N-methyl/N-ethyl adjacent to an activating group) is 1. The molecule has 2 aromatic rings. The average Bonchev–Trinajstić information content (AvgIpc) is 3.34. The minimum Gasteiger partial charge on any atom is -0.369 e. The van der Waals surface area contributed by atoms with Gasteiger partial charge in [0, 0.05) is 30.1 Å². The number of carbonyl (C=O) groups excluding carboxylic acids is 3. The molecule has 9 heteroatoms. The molecule has 4 rings (SSSR count). The van der Waals surface area contributed by atoms with E-state index in [2.05, 4.69) is 22.1 Å². The van der Waals surface area contributed by atoms with Gasteiger partial charge in [-0.15, -0.1) is 0 Å². The topological polar surface area (TPSA) is 126 Å². The van der Waals surface area contributed by atoms with Gasteiger partial charge in [-0.25, -0.2) is 4.98 Å². The average molecular weight is 396 g/mol. The van der Waals surface area contributed by atoms with Crippen LogP contribution in [0.4, 0.5) is 5.00 Å². The molecular formula is C19H16N4O4S. The number of fused-ring (bicyclic) bond motifs is 1. The molecule has 28 heavy (non-hydrogen) atoms. The molecule has 2 fully saturated rings. The molecule has 8 nitrogen and oxygen atoms in total. The molecule has 0 bridgehead atoms. The predicted octanol–water partition coefficient (Wildman–Crippen LogP) is 0.420. The van der Waals surface area contributed by atoms with Crippen LogP contribution < -0.4 is 11.1 Å². The van der Waals surface area contributed by atoms with E-state index in [0.717, 1.165) is 17.8 Å². The first-order chi connectivity index (χ1) is 13.3. The number of benzene rings is 1. The minimum atomic E-state index is -1.64. The molecule has 1 aliphatic carbocycles. The number of hydrogen-bond acceptors (Lipinski definition) is 6. The fourth-order valence-corrected chi connectivity index (χ4v) is 4.37. The van der Waals surface area contributed by atoms with Crippen LogP contribution in [-0.4, -0.2) is 51.9 Å². The Bertz CT molecular complexity index is 1070. The summed E-state index contributed by atoms with van der Waals surface area (Å²) < 4.78 is 0. The predicted molar refractivity (Wildman–Crippen MR) is 102 cm³/mol. The van der Waals surface area contributed by atoms with Gasteiger partial charge in [-0.05, 0) is 18.6 Å². The third kappa shape index (κ3) is 2.83. The molecular weight excluding hydrogens is 380 g/mol. The van der Waals surface area contributed by atoms with E-state index in [9.17, 15) is 19.5 Å². The third-order valence-corrected chi connectivity index (χ3v) is 6.03. The summed E-state index contributed by atoms with van der Waals surface area (Å²) in [5.41, 5.74) is 4.90. The Morgan fingerprint density at radius 1 is 1.54 bits per heavy atom. The molecule has 0 spiro atoms. The van der Waals surface area contributed by atoms with Gasteiger partial charge in [-0.3, -0.25) is 14.4 Å². The van der Waals surface area contributed by atoms with Gasteiger partial charge in [0.25, 0.3) is 11.8 Å². The number of nitrogens with zero attached hydrogens (tertiary/aromatic N) is 2. The van der Waals surface area contributed by atoms with E-state index in [4.69, 9.17) is 5.73 Å². The second-order valence-electron chi connectivity index (χ2n) is 6.75. The molecule has 2 heterocycles. The van der Waals surface area contributed by atoms with Gasteiger partial charge < -0.3 is 21.1 Å². The van der Waals surface area contributed by atoms with Crippen molar-refractivity contribution in [1.29, 1.82) is 0 Å². The van der Waals surface area contributed by atoms with Crippen molar-refractivity contribution in [3.63, 3.8) is 0 Å². The fourth-order valence-electron chi connectivity index (χ4n) is 3.44. The number of thiazole rings is 1. The highest BCUT2D eigenvalue weighted by molar-refractivity contribution is 7.19. The Balaban J connectivity index is 1.65. The number of aliphatic hydroxyl groups is 1. The quantitative estimate of drug-likeness (QED) is 0.510. The van der Waals surface area contributed by atoms with Crippen LogP contribution in [0.1, 0.15) is 22.5 Å². The van der Waals surface area contributed by atoms with Crippen molar-refractivity contribution in [2.75, 3.05) is 12.4 Å². The highest BCUT2D eigenvalue weighted by Crippen LogP contribution is 2.50. The second-order valence-corrected chi connectivity index (χ2v) is 7.75. The first-order valence-electron chi connectivity index (χ1n) is 8.49. The van der Waals surface area contributed by atoms with Crippen LogP contribution in [-0.2, 0) is 9.59 Å². The van der Waals surface area contributed by atoms with E-state index in [-0.39, 0.29) is 28.6 Å². The van der Waals surface area contributed by atoms with Crippen molar-refractivity contribution in [1.82, 2.24) is 9.88 Å². The van der Waals surface area contributed by atoms with Crippen molar-refractivity contribution >= 4 is 34.6 Å². The van der Waals surface area contributed by atoms with E-state index >= 15 is 0 Å². The molecule has 3 unspecified atom stereocenters. The van der Waals surface area contributed by atoms with Crippen LogP contribution in [0.2, 0.25) is 0 Å². The van der Waals surface area contributed by atoms with Gasteiger partial charge in [-0.2, -0.15) is 0 Å². The Hall–Kier alpha value is -3.22. The molecule has 3 atom stereocenters. The number of anilines is 1. The van der Waals surface area contributed by atoms with Crippen molar-refractivity contribution < 1.29 is 19.5 Å². The third-order valence-electron chi connectivity index (χ3n) is 4.99. The largest absolute Gasteiger partial charge is 0.369 e. The summed E-state index contributed by atoms with van der Waals surface area (Å²) in [6.45, 7) is 0. The highest BCUT2D eigenvalue weighted by Gasteiger charge is 2.66. The Morgan fingerprint density at radius 3 is 2.96 bits per heavy atom. The number of aromatic nitrogens is 1. The van der Waals surface area contributed by atoms with Gasteiger partial charge in [0.05, 0.1) is 0 Å². The lowest BCUT2D eigenvalue weighted by Gasteiger charge is -2.18. The van der Waals surface area contributed by atoms with Crippen LogP contribution in [0.15, 0.2) is 24.3 Å². The lowest BCUT2D eigenvalue weighted by molar-refractivity contribution is -0.140. The maximum absolute atomic E-state index is 12.2. The number of nitrogens with one attached hydrogen (secondary N) is 1. The number of nitrogens with two attached hydrogens (primary N) is 1. The zero-order valence-corrected chi connectivity index (χ0v) is 15.6. The second kappa shape index (κ2) is 6.44. The Labute approximate surface area is 164 Å². The summed E-state index contributed by atoms with van der Waals surface area (Å²) >= 11 is 1.11. The zero-order valence-electron chi connectivity index (χ0n) is 14.8. The zero-order chi connectivity index (χ0) is 20.1. The van der Waals surface area contributed by atoms with E-state index in [1.807, 2.05) is 0 Å². The number of likely N-dealkylation sites (tertiary alicyclic amines) is 1. The van der Waals surface area contributed by atoms with Gasteiger partial charge >= 0.3 is 0 Å². The van der Waals surface area contributed by atoms with Gasteiger partial charge in [0.15, 0.2) is 5.69 Å². The first-order valence-corrected chi connectivity index (χ1v) is 9.31. The SMILES string of the molecule is CN1C(=O)C(O)(C#Cc2cccc(-c3nc(C(N)=O)c(NC=O)s3)c2)C2CC21. The molecule has 1 aliphatic heterocycles. The van der Waals surface area contributed by atoms with E-state index in [1.165, 1.54) is 0 Å². The van der Waals surface area contributed by atoms with Gasteiger partial charge in [0.1, 0.15) is 10.0 Å². The maximum Gasteiger partial charge on any atom is 0.270 e. The van der Waals surface area contributed by atoms with Crippen molar-refractivity contribution in [3.8, 4) is 22.4 Å². The standard InChI is InChI=1S/C19H16N4O4S/c1-23-13-8-12(13)19(27,18(23)26)6-5-10-3-2-4-11(7-10)16-22-14(15(20)25)17(28-16)21-9-24/h2-4,7,9,12-13,27H,8H2,1H3,(H2,20,25)(H,21,24). The van der Waals surface area contributed by atoms with Crippen LogP contribution in [0.3, 0.4) is 0 Å². The molecule has 4 N–H and O–H groups in total. The van der Waals surface area contributed by atoms with E-state index in [1.54, 1.807) is 36.2 Å². The normalized spacial score (nSPS) is 24.9. The maximum atomic E-state index is 12.2.